The zero-order valence-electron chi connectivity index (χ0n) is 13.8. The van der Waals surface area contributed by atoms with Gasteiger partial charge in [-0.1, -0.05) is 36.4 Å². The standard InChI is InChI=1S/C20H12F3N3O/c21-20(22,23)15-7-5-13(6-8-15)17-9-19(26-12-25-17)27-18-11-24-10-14-3-1-2-4-16(14)18/h1-12H. The molecule has 4 rings (SSSR count). The number of hydrogen-bond donors (Lipinski definition) is 0. The highest BCUT2D eigenvalue weighted by Gasteiger charge is 2.30. The van der Waals surface area contributed by atoms with Gasteiger partial charge in [0.05, 0.1) is 17.5 Å². The minimum absolute atomic E-state index is 0.276. The molecule has 0 fully saturated rings. The van der Waals surface area contributed by atoms with Crippen molar-refractivity contribution in [2.45, 2.75) is 6.18 Å². The third kappa shape index (κ3) is 3.57. The van der Waals surface area contributed by atoms with Crippen LogP contribution in [0.15, 0.2) is 73.3 Å². The predicted octanol–water partition coefficient (Wildman–Crippen LogP) is 5.50. The van der Waals surface area contributed by atoms with E-state index in [-0.39, 0.29) is 5.88 Å². The molecule has 2 heterocycles. The number of pyridine rings is 1. The maximum atomic E-state index is 12.7. The van der Waals surface area contributed by atoms with Crippen molar-refractivity contribution in [3.05, 3.63) is 78.9 Å². The largest absolute Gasteiger partial charge is 0.437 e. The molecule has 0 aliphatic rings. The SMILES string of the molecule is FC(F)(F)c1ccc(-c2cc(Oc3cncc4ccccc34)ncn2)cc1. The van der Waals surface area contributed by atoms with Crippen LogP contribution in [0.1, 0.15) is 5.56 Å². The summed E-state index contributed by atoms with van der Waals surface area (Å²) < 4.78 is 44.0. The zero-order valence-corrected chi connectivity index (χ0v) is 13.8. The van der Waals surface area contributed by atoms with Gasteiger partial charge in [0.25, 0.3) is 0 Å². The Labute approximate surface area is 152 Å². The fourth-order valence-corrected chi connectivity index (χ4v) is 2.67. The van der Waals surface area contributed by atoms with Gasteiger partial charge in [0.2, 0.25) is 5.88 Å². The summed E-state index contributed by atoms with van der Waals surface area (Å²) in [6, 6.07) is 14.0. The number of rotatable bonds is 3. The minimum atomic E-state index is -4.38. The average Bonchev–Trinajstić information content (AvgIpc) is 2.68. The number of halogens is 3. The molecule has 7 heteroatoms. The molecule has 0 unspecified atom stereocenters. The Hall–Kier alpha value is -3.48. The van der Waals surface area contributed by atoms with Crippen molar-refractivity contribution in [1.29, 1.82) is 0 Å². The van der Waals surface area contributed by atoms with Crippen LogP contribution in [0.25, 0.3) is 22.0 Å². The zero-order chi connectivity index (χ0) is 18.9. The lowest BCUT2D eigenvalue weighted by atomic mass is 10.1. The van der Waals surface area contributed by atoms with E-state index < -0.39 is 11.7 Å². The van der Waals surface area contributed by atoms with Crippen LogP contribution in [0.4, 0.5) is 13.2 Å². The lowest BCUT2D eigenvalue weighted by Crippen LogP contribution is -2.04. The van der Waals surface area contributed by atoms with Crippen LogP contribution in [0.3, 0.4) is 0 Å². The van der Waals surface area contributed by atoms with Crippen molar-refractivity contribution in [3.63, 3.8) is 0 Å². The normalized spacial score (nSPS) is 11.5. The van der Waals surface area contributed by atoms with E-state index in [9.17, 15) is 13.2 Å². The monoisotopic (exact) mass is 367 g/mol. The van der Waals surface area contributed by atoms with Gasteiger partial charge in [0.1, 0.15) is 6.33 Å². The topological polar surface area (TPSA) is 47.9 Å². The molecule has 0 bridgehead atoms. The summed E-state index contributed by atoms with van der Waals surface area (Å²) in [6.07, 6.45) is 0.249. The van der Waals surface area contributed by atoms with E-state index >= 15 is 0 Å². The molecule has 0 aliphatic carbocycles. The van der Waals surface area contributed by atoms with E-state index in [2.05, 4.69) is 15.0 Å². The lowest BCUT2D eigenvalue weighted by Gasteiger charge is -2.09. The van der Waals surface area contributed by atoms with E-state index in [0.717, 1.165) is 22.9 Å². The van der Waals surface area contributed by atoms with Crippen molar-refractivity contribution in [2.75, 3.05) is 0 Å². The van der Waals surface area contributed by atoms with Gasteiger partial charge in [-0.05, 0) is 12.1 Å². The number of fused-ring (bicyclic) bond motifs is 1. The first-order chi connectivity index (χ1) is 13.0. The smallest absolute Gasteiger partial charge is 0.416 e. The summed E-state index contributed by atoms with van der Waals surface area (Å²) in [5.41, 5.74) is 0.284. The van der Waals surface area contributed by atoms with Crippen LogP contribution >= 0.6 is 0 Å². The maximum Gasteiger partial charge on any atom is 0.416 e. The second-order valence-corrected chi connectivity index (χ2v) is 5.78. The molecular formula is C20H12F3N3O. The van der Waals surface area contributed by atoms with Gasteiger partial charge >= 0.3 is 6.18 Å². The van der Waals surface area contributed by atoms with Crippen molar-refractivity contribution in [1.82, 2.24) is 15.0 Å². The molecule has 27 heavy (non-hydrogen) atoms. The molecule has 0 N–H and O–H groups in total. The van der Waals surface area contributed by atoms with Crippen molar-refractivity contribution in [3.8, 4) is 22.9 Å². The summed E-state index contributed by atoms with van der Waals surface area (Å²) in [4.78, 5) is 12.3. The number of benzene rings is 2. The highest BCUT2D eigenvalue weighted by Crippen LogP contribution is 2.32. The average molecular weight is 367 g/mol. The van der Waals surface area contributed by atoms with Crippen LogP contribution in [0.5, 0.6) is 11.6 Å². The lowest BCUT2D eigenvalue weighted by molar-refractivity contribution is -0.137. The van der Waals surface area contributed by atoms with E-state index in [0.29, 0.717) is 17.0 Å². The second-order valence-electron chi connectivity index (χ2n) is 5.78. The highest BCUT2D eigenvalue weighted by atomic mass is 19.4. The van der Waals surface area contributed by atoms with Gasteiger partial charge in [-0.2, -0.15) is 13.2 Å². The molecule has 0 aliphatic heterocycles. The Kier molecular flexibility index (Phi) is 4.19. The van der Waals surface area contributed by atoms with E-state index in [1.165, 1.54) is 18.5 Å². The number of alkyl halides is 3. The number of nitrogens with zero attached hydrogens (tertiary/aromatic N) is 3. The van der Waals surface area contributed by atoms with Crippen molar-refractivity contribution < 1.29 is 17.9 Å². The summed E-state index contributed by atoms with van der Waals surface area (Å²) in [6.45, 7) is 0. The van der Waals surface area contributed by atoms with Crippen LogP contribution in [0, 0.1) is 0 Å². The Bertz CT molecular complexity index is 1090. The van der Waals surface area contributed by atoms with Gasteiger partial charge in [-0.3, -0.25) is 4.98 Å². The van der Waals surface area contributed by atoms with Gasteiger partial charge in [-0.25, -0.2) is 9.97 Å². The highest BCUT2D eigenvalue weighted by molar-refractivity contribution is 5.87. The quantitative estimate of drug-likeness (QED) is 0.479. The number of ether oxygens (including phenoxy) is 1. The molecule has 2 aromatic heterocycles. The second kappa shape index (κ2) is 6.68. The summed E-state index contributed by atoms with van der Waals surface area (Å²) in [5, 5.41) is 1.80. The molecule has 134 valence electrons. The summed E-state index contributed by atoms with van der Waals surface area (Å²) in [5.74, 6) is 0.809. The van der Waals surface area contributed by atoms with E-state index in [1.54, 1.807) is 18.5 Å². The summed E-state index contributed by atoms with van der Waals surface area (Å²) in [7, 11) is 0. The first kappa shape index (κ1) is 17.0. The first-order valence-electron chi connectivity index (χ1n) is 8.01. The van der Waals surface area contributed by atoms with Crippen LogP contribution in [0.2, 0.25) is 0 Å². The van der Waals surface area contributed by atoms with Gasteiger partial charge in [-0.15, -0.1) is 0 Å². The van der Waals surface area contributed by atoms with Crippen molar-refractivity contribution in [2.24, 2.45) is 0 Å². The first-order valence-corrected chi connectivity index (χ1v) is 8.01. The van der Waals surface area contributed by atoms with Gasteiger partial charge in [0.15, 0.2) is 5.75 Å². The predicted molar refractivity (Wildman–Crippen MR) is 94.3 cm³/mol. The van der Waals surface area contributed by atoms with Crippen LogP contribution in [-0.4, -0.2) is 15.0 Å². The van der Waals surface area contributed by atoms with E-state index in [4.69, 9.17) is 4.74 Å². The molecular weight excluding hydrogens is 355 g/mol. The molecule has 0 amide bonds. The summed E-state index contributed by atoms with van der Waals surface area (Å²) >= 11 is 0. The molecule has 0 saturated carbocycles. The molecule has 4 nitrogen and oxygen atoms in total. The Balaban J connectivity index is 1.65. The third-order valence-electron chi connectivity index (χ3n) is 4.00. The molecule has 0 spiro atoms. The molecule has 0 atom stereocenters. The van der Waals surface area contributed by atoms with Crippen LogP contribution in [-0.2, 0) is 6.18 Å². The third-order valence-corrected chi connectivity index (χ3v) is 4.00. The maximum absolute atomic E-state index is 12.7. The molecule has 0 radical (unpaired) electrons. The Morgan fingerprint density at radius 3 is 2.41 bits per heavy atom. The fourth-order valence-electron chi connectivity index (χ4n) is 2.67. The number of hydrogen-bond acceptors (Lipinski definition) is 4. The Morgan fingerprint density at radius 1 is 0.852 bits per heavy atom. The Morgan fingerprint density at radius 2 is 1.63 bits per heavy atom. The molecule has 2 aromatic carbocycles. The van der Waals surface area contributed by atoms with E-state index in [1.807, 2.05) is 24.3 Å². The molecule has 4 aromatic rings. The number of aromatic nitrogens is 3. The fraction of sp³-hybridized carbons (Fsp3) is 0.0500. The van der Waals surface area contributed by atoms with Crippen LogP contribution < -0.4 is 4.74 Å². The van der Waals surface area contributed by atoms with Crippen molar-refractivity contribution >= 4 is 10.8 Å². The minimum Gasteiger partial charge on any atom is -0.437 e. The van der Waals surface area contributed by atoms with Gasteiger partial charge < -0.3 is 4.74 Å². The molecule has 0 saturated heterocycles. The van der Waals surface area contributed by atoms with Gasteiger partial charge in [0, 0.05) is 28.6 Å².